The summed E-state index contributed by atoms with van der Waals surface area (Å²) in [5.74, 6) is 0.612. The average Bonchev–Trinajstić information content (AvgIpc) is 3.25. The summed E-state index contributed by atoms with van der Waals surface area (Å²) in [5.41, 5.74) is 2.38. The Balaban J connectivity index is 1.71. The second-order valence-electron chi connectivity index (χ2n) is 7.38. The Kier molecular flexibility index (Phi) is 6.18. The number of nitrogens with zero attached hydrogens (tertiary/aromatic N) is 2. The molecule has 0 saturated carbocycles. The highest BCUT2D eigenvalue weighted by Gasteiger charge is 2.27. The highest BCUT2D eigenvalue weighted by Crippen LogP contribution is 2.33. The summed E-state index contributed by atoms with van der Waals surface area (Å²) in [5, 5.41) is 10.7. The molecule has 1 amide bonds. The van der Waals surface area contributed by atoms with Crippen LogP contribution in [0.5, 0.6) is 11.5 Å². The molecule has 2 aromatic carbocycles. The SMILES string of the molecule is COc1ccc(NC(=O)c2cnn(-c3cccc(F)c3)c2C2CCNCC2)c(OC)c1. The van der Waals surface area contributed by atoms with Crippen LogP contribution in [0.3, 0.4) is 0 Å². The lowest BCUT2D eigenvalue weighted by atomic mass is 9.91. The minimum atomic E-state index is -0.349. The molecule has 0 unspecified atom stereocenters. The number of nitrogens with one attached hydrogen (secondary N) is 2. The molecule has 31 heavy (non-hydrogen) atoms. The molecule has 8 heteroatoms. The van der Waals surface area contributed by atoms with E-state index < -0.39 is 0 Å². The van der Waals surface area contributed by atoms with Crippen LogP contribution in [0.2, 0.25) is 0 Å². The summed E-state index contributed by atoms with van der Waals surface area (Å²) >= 11 is 0. The molecule has 1 fully saturated rings. The third-order valence-corrected chi connectivity index (χ3v) is 5.49. The van der Waals surface area contributed by atoms with Crippen LogP contribution in [0.15, 0.2) is 48.7 Å². The zero-order valence-electron chi connectivity index (χ0n) is 17.5. The van der Waals surface area contributed by atoms with Crippen LogP contribution in [-0.2, 0) is 0 Å². The molecule has 0 spiro atoms. The van der Waals surface area contributed by atoms with Gasteiger partial charge in [0.1, 0.15) is 17.3 Å². The van der Waals surface area contributed by atoms with Crippen molar-refractivity contribution in [1.29, 1.82) is 0 Å². The van der Waals surface area contributed by atoms with Gasteiger partial charge in [-0.25, -0.2) is 9.07 Å². The smallest absolute Gasteiger partial charge is 0.259 e. The van der Waals surface area contributed by atoms with Crippen molar-refractivity contribution in [3.05, 3.63) is 65.7 Å². The molecule has 1 aliphatic rings. The van der Waals surface area contributed by atoms with Crippen molar-refractivity contribution in [2.24, 2.45) is 0 Å². The van der Waals surface area contributed by atoms with Crippen LogP contribution in [0.25, 0.3) is 5.69 Å². The number of amides is 1. The van der Waals surface area contributed by atoms with E-state index in [1.807, 2.05) is 0 Å². The molecular weight excluding hydrogens is 399 g/mol. The first kappa shape index (κ1) is 20.9. The number of aromatic nitrogens is 2. The molecule has 7 nitrogen and oxygen atoms in total. The summed E-state index contributed by atoms with van der Waals surface area (Å²) in [7, 11) is 3.10. The van der Waals surface area contributed by atoms with E-state index in [0.29, 0.717) is 28.4 Å². The van der Waals surface area contributed by atoms with Crippen molar-refractivity contribution in [3.63, 3.8) is 0 Å². The number of piperidine rings is 1. The molecule has 0 radical (unpaired) electrons. The van der Waals surface area contributed by atoms with Gasteiger partial charge in [0.15, 0.2) is 0 Å². The highest BCUT2D eigenvalue weighted by atomic mass is 19.1. The molecule has 2 heterocycles. The zero-order valence-corrected chi connectivity index (χ0v) is 17.5. The van der Waals surface area contributed by atoms with Crippen LogP contribution in [0, 0.1) is 5.82 Å². The van der Waals surface area contributed by atoms with E-state index in [1.54, 1.807) is 48.3 Å². The number of hydrogen-bond donors (Lipinski definition) is 2. The maximum atomic E-state index is 13.9. The lowest BCUT2D eigenvalue weighted by molar-refractivity contribution is 0.102. The third kappa shape index (κ3) is 4.39. The van der Waals surface area contributed by atoms with Gasteiger partial charge >= 0.3 is 0 Å². The number of anilines is 1. The maximum absolute atomic E-state index is 13.9. The molecule has 4 rings (SSSR count). The number of rotatable bonds is 6. The fourth-order valence-electron chi connectivity index (χ4n) is 3.93. The molecule has 1 aromatic heterocycles. The van der Waals surface area contributed by atoms with Gasteiger partial charge in [-0.15, -0.1) is 0 Å². The Morgan fingerprint density at radius 2 is 1.97 bits per heavy atom. The molecule has 0 aliphatic carbocycles. The van der Waals surface area contributed by atoms with Gasteiger partial charge in [0.05, 0.1) is 43.0 Å². The normalized spacial score (nSPS) is 14.3. The largest absolute Gasteiger partial charge is 0.497 e. The van der Waals surface area contributed by atoms with Gasteiger partial charge in [0.25, 0.3) is 5.91 Å². The molecule has 162 valence electrons. The monoisotopic (exact) mass is 424 g/mol. The van der Waals surface area contributed by atoms with E-state index >= 15 is 0 Å². The minimum absolute atomic E-state index is 0.130. The van der Waals surface area contributed by atoms with Crippen molar-refractivity contribution in [2.75, 3.05) is 32.6 Å². The molecular formula is C23H25FN4O3. The third-order valence-electron chi connectivity index (χ3n) is 5.49. The fraction of sp³-hybridized carbons (Fsp3) is 0.304. The van der Waals surface area contributed by atoms with Gasteiger partial charge in [-0.05, 0) is 56.3 Å². The standard InChI is InChI=1S/C23H25FN4O3/c1-30-18-6-7-20(21(13-18)31-2)27-23(29)19-14-26-28(17-5-3-4-16(24)12-17)22(19)15-8-10-25-11-9-15/h3-7,12-15,25H,8-11H2,1-2H3,(H,27,29). The van der Waals surface area contributed by atoms with Gasteiger partial charge in [-0.3, -0.25) is 4.79 Å². The maximum Gasteiger partial charge on any atom is 0.259 e. The summed E-state index contributed by atoms with van der Waals surface area (Å²) < 4.78 is 26.2. The van der Waals surface area contributed by atoms with Gasteiger partial charge in [-0.1, -0.05) is 6.07 Å². The second kappa shape index (κ2) is 9.18. The first-order valence-corrected chi connectivity index (χ1v) is 10.2. The predicted molar refractivity (Wildman–Crippen MR) is 116 cm³/mol. The van der Waals surface area contributed by atoms with E-state index in [1.165, 1.54) is 19.2 Å². The van der Waals surface area contributed by atoms with Crippen LogP contribution in [0.4, 0.5) is 10.1 Å². The van der Waals surface area contributed by atoms with Crippen LogP contribution in [0.1, 0.15) is 34.8 Å². The van der Waals surface area contributed by atoms with Crippen LogP contribution < -0.4 is 20.1 Å². The Labute approximate surface area is 180 Å². The number of halogens is 1. The first-order chi connectivity index (χ1) is 15.1. The summed E-state index contributed by atoms with van der Waals surface area (Å²) in [6, 6.07) is 11.4. The number of carbonyl (C=O) groups is 1. The van der Waals surface area contributed by atoms with E-state index in [-0.39, 0.29) is 17.6 Å². The quantitative estimate of drug-likeness (QED) is 0.630. The van der Waals surface area contributed by atoms with Crippen molar-refractivity contribution < 1.29 is 18.7 Å². The lowest BCUT2D eigenvalue weighted by Crippen LogP contribution is -2.29. The average molecular weight is 424 g/mol. The van der Waals surface area contributed by atoms with Gasteiger partial charge in [0, 0.05) is 12.0 Å². The fourth-order valence-corrected chi connectivity index (χ4v) is 3.93. The topological polar surface area (TPSA) is 77.4 Å². The van der Waals surface area contributed by atoms with E-state index in [9.17, 15) is 9.18 Å². The van der Waals surface area contributed by atoms with Gasteiger partial charge in [0.2, 0.25) is 0 Å². The van der Waals surface area contributed by atoms with Crippen molar-refractivity contribution in [3.8, 4) is 17.2 Å². The first-order valence-electron chi connectivity index (χ1n) is 10.2. The predicted octanol–water partition coefficient (Wildman–Crippen LogP) is 3.75. The Morgan fingerprint density at radius 1 is 1.16 bits per heavy atom. The van der Waals surface area contributed by atoms with Crippen molar-refractivity contribution in [1.82, 2.24) is 15.1 Å². The van der Waals surface area contributed by atoms with Crippen molar-refractivity contribution >= 4 is 11.6 Å². The van der Waals surface area contributed by atoms with Crippen molar-refractivity contribution in [2.45, 2.75) is 18.8 Å². The lowest BCUT2D eigenvalue weighted by Gasteiger charge is -2.24. The number of carbonyl (C=O) groups excluding carboxylic acids is 1. The van der Waals surface area contributed by atoms with Gasteiger partial charge in [-0.2, -0.15) is 5.10 Å². The summed E-state index contributed by atoms with van der Waals surface area (Å²) in [6.07, 6.45) is 3.29. The van der Waals surface area contributed by atoms with Crippen LogP contribution in [-0.4, -0.2) is 43.0 Å². The van der Waals surface area contributed by atoms with Gasteiger partial charge < -0.3 is 20.1 Å². The minimum Gasteiger partial charge on any atom is -0.497 e. The zero-order chi connectivity index (χ0) is 21.8. The Morgan fingerprint density at radius 3 is 2.68 bits per heavy atom. The number of ether oxygens (including phenoxy) is 2. The Bertz CT molecular complexity index is 1080. The molecule has 0 atom stereocenters. The summed E-state index contributed by atoms with van der Waals surface area (Å²) in [6.45, 7) is 1.71. The number of methoxy groups -OCH3 is 2. The number of hydrogen-bond acceptors (Lipinski definition) is 5. The molecule has 1 saturated heterocycles. The highest BCUT2D eigenvalue weighted by molar-refractivity contribution is 6.06. The van der Waals surface area contributed by atoms with E-state index in [2.05, 4.69) is 15.7 Å². The molecule has 3 aromatic rings. The van der Waals surface area contributed by atoms with Crippen LogP contribution >= 0.6 is 0 Å². The number of benzene rings is 2. The second-order valence-corrected chi connectivity index (χ2v) is 7.38. The molecule has 1 aliphatic heterocycles. The summed E-state index contributed by atoms with van der Waals surface area (Å²) in [4.78, 5) is 13.3. The van der Waals surface area contributed by atoms with E-state index in [0.717, 1.165) is 31.6 Å². The Hall–Kier alpha value is -3.39. The van der Waals surface area contributed by atoms with E-state index in [4.69, 9.17) is 9.47 Å². The molecule has 0 bridgehead atoms. The molecule has 2 N–H and O–H groups in total.